The number of benzene rings is 1. The van der Waals surface area contributed by atoms with Crippen LogP contribution in [0.1, 0.15) is 51.3 Å². The van der Waals surface area contributed by atoms with E-state index in [1.165, 1.54) is 0 Å². The third-order valence-electron chi connectivity index (χ3n) is 4.50. The molecule has 3 rings (SSSR count). The first kappa shape index (κ1) is 15.1. The van der Waals surface area contributed by atoms with Crippen LogP contribution in [-0.4, -0.2) is 33.9 Å². The second-order valence-corrected chi connectivity index (χ2v) is 6.75. The van der Waals surface area contributed by atoms with E-state index in [1.54, 1.807) is 0 Å². The summed E-state index contributed by atoms with van der Waals surface area (Å²) in [6.07, 6.45) is 3.82. The van der Waals surface area contributed by atoms with Crippen LogP contribution in [0.3, 0.4) is 0 Å². The number of carbonyl (C=O) groups excluding carboxylic acids is 1. The number of aromatic amines is 1. The number of hydrogen-bond donors (Lipinski definition) is 1. The average molecular weight is 299 g/mol. The molecule has 4 heteroatoms. The maximum absolute atomic E-state index is 12.3. The molecule has 118 valence electrons. The number of para-hydroxylation sites is 2. The van der Waals surface area contributed by atoms with Gasteiger partial charge in [0, 0.05) is 25.4 Å². The summed E-state index contributed by atoms with van der Waals surface area (Å²) in [6, 6.07) is 8.12. The lowest BCUT2D eigenvalue weighted by molar-refractivity contribution is -0.132. The number of rotatable bonds is 4. The van der Waals surface area contributed by atoms with E-state index in [1.807, 2.05) is 23.1 Å². The number of imidazole rings is 1. The van der Waals surface area contributed by atoms with E-state index in [2.05, 4.69) is 24.9 Å². The molecule has 1 aliphatic heterocycles. The van der Waals surface area contributed by atoms with Gasteiger partial charge >= 0.3 is 0 Å². The molecule has 4 nitrogen and oxygen atoms in total. The van der Waals surface area contributed by atoms with Gasteiger partial charge in [-0.3, -0.25) is 4.79 Å². The highest BCUT2D eigenvalue weighted by molar-refractivity contribution is 5.77. The molecule has 0 aliphatic carbocycles. The summed E-state index contributed by atoms with van der Waals surface area (Å²) in [4.78, 5) is 22.5. The van der Waals surface area contributed by atoms with Gasteiger partial charge in [0.25, 0.3) is 0 Å². The van der Waals surface area contributed by atoms with Crippen molar-refractivity contribution in [3.63, 3.8) is 0 Å². The summed E-state index contributed by atoms with van der Waals surface area (Å²) in [7, 11) is 0. The monoisotopic (exact) mass is 299 g/mol. The highest BCUT2D eigenvalue weighted by atomic mass is 16.2. The number of H-pyrrole nitrogens is 1. The van der Waals surface area contributed by atoms with E-state index < -0.39 is 0 Å². The van der Waals surface area contributed by atoms with Gasteiger partial charge in [-0.15, -0.1) is 0 Å². The predicted molar refractivity (Wildman–Crippen MR) is 88.7 cm³/mol. The van der Waals surface area contributed by atoms with Crippen molar-refractivity contribution in [2.24, 2.45) is 5.92 Å². The topological polar surface area (TPSA) is 49.0 Å². The summed E-state index contributed by atoms with van der Waals surface area (Å²) in [5.74, 6) is 2.25. The summed E-state index contributed by atoms with van der Waals surface area (Å²) in [5.41, 5.74) is 2.10. The fourth-order valence-corrected chi connectivity index (χ4v) is 3.16. The molecule has 2 aromatic rings. The van der Waals surface area contributed by atoms with Crippen LogP contribution in [0.5, 0.6) is 0 Å². The molecule has 1 N–H and O–H groups in total. The van der Waals surface area contributed by atoms with Crippen LogP contribution in [-0.2, 0) is 4.79 Å². The van der Waals surface area contributed by atoms with Crippen LogP contribution in [0.4, 0.5) is 0 Å². The summed E-state index contributed by atoms with van der Waals surface area (Å²) in [5, 5.41) is 0. The average Bonchev–Trinajstić information content (AvgIpc) is 2.96. The maximum atomic E-state index is 12.3. The molecule has 0 radical (unpaired) electrons. The second kappa shape index (κ2) is 6.51. The number of amides is 1. The molecule has 0 bridgehead atoms. The van der Waals surface area contributed by atoms with Crippen LogP contribution in [0.25, 0.3) is 11.0 Å². The Bertz CT molecular complexity index is 614. The molecular formula is C18H25N3O. The van der Waals surface area contributed by atoms with E-state index in [-0.39, 0.29) is 0 Å². The minimum atomic E-state index is 0.300. The molecule has 1 atom stereocenters. The van der Waals surface area contributed by atoms with Crippen molar-refractivity contribution in [3.05, 3.63) is 30.1 Å². The molecular weight excluding hydrogens is 274 g/mol. The molecule has 1 aromatic carbocycles. The lowest BCUT2D eigenvalue weighted by atomic mass is 9.96. The number of hydrogen-bond acceptors (Lipinski definition) is 2. The molecule has 0 saturated carbocycles. The molecule has 1 amide bonds. The van der Waals surface area contributed by atoms with Gasteiger partial charge in [-0.05, 0) is 37.3 Å². The summed E-state index contributed by atoms with van der Waals surface area (Å²) in [6.45, 7) is 6.03. The highest BCUT2D eigenvalue weighted by Crippen LogP contribution is 2.27. The first-order valence-corrected chi connectivity index (χ1v) is 8.36. The quantitative estimate of drug-likeness (QED) is 0.935. The van der Waals surface area contributed by atoms with Crippen LogP contribution in [0, 0.1) is 5.92 Å². The zero-order valence-electron chi connectivity index (χ0n) is 13.5. The molecule has 1 aromatic heterocycles. The van der Waals surface area contributed by atoms with Crippen molar-refractivity contribution in [2.75, 3.05) is 13.1 Å². The Morgan fingerprint density at radius 3 is 3.00 bits per heavy atom. The van der Waals surface area contributed by atoms with Crippen LogP contribution < -0.4 is 0 Å². The number of carbonyl (C=O) groups is 1. The number of nitrogens with zero attached hydrogens (tertiary/aromatic N) is 2. The van der Waals surface area contributed by atoms with Crippen molar-refractivity contribution in [1.82, 2.24) is 14.9 Å². The number of likely N-dealkylation sites (tertiary alicyclic amines) is 1. The van der Waals surface area contributed by atoms with E-state index >= 15 is 0 Å². The third kappa shape index (κ3) is 3.32. The second-order valence-electron chi connectivity index (χ2n) is 6.75. The predicted octanol–water partition coefficient (Wildman–Crippen LogP) is 3.71. The largest absolute Gasteiger partial charge is 0.342 e. The molecule has 22 heavy (non-hydrogen) atoms. The Morgan fingerprint density at radius 1 is 1.41 bits per heavy atom. The van der Waals surface area contributed by atoms with Crippen LogP contribution in [0.15, 0.2) is 24.3 Å². The minimum absolute atomic E-state index is 0.300. The van der Waals surface area contributed by atoms with Crippen LogP contribution >= 0.6 is 0 Å². The highest BCUT2D eigenvalue weighted by Gasteiger charge is 2.26. The van der Waals surface area contributed by atoms with Crippen LogP contribution in [0.2, 0.25) is 0 Å². The van der Waals surface area contributed by atoms with Gasteiger partial charge in [0.15, 0.2) is 0 Å². The Hall–Kier alpha value is -1.84. The van der Waals surface area contributed by atoms with E-state index in [0.717, 1.165) is 49.2 Å². The molecule has 1 fully saturated rings. The fraction of sp³-hybridized carbons (Fsp3) is 0.556. The fourth-order valence-electron chi connectivity index (χ4n) is 3.16. The Morgan fingerprint density at radius 2 is 2.23 bits per heavy atom. The first-order chi connectivity index (χ1) is 10.6. The molecule has 2 heterocycles. The van der Waals surface area contributed by atoms with E-state index in [9.17, 15) is 4.79 Å². The standard InChI is InChI=1S/C18H25N3O/c1-13(2)9-10-17(22)21-11-5-6-14(12-21)18-19-15-7-3-4-8-16(15)20-18/h3-4,7-8,13-14H,5-6,9-12H2,1-2H3,(H,19,20). The Kier molecular flexibility index (Phi) is 4.46. The molecule has 0 spiro atoms. The number of piperidine rings is 1. The zero-order valence-corrected chi connectivity index (χ0v) is 13.5. The first-order valence-electron chi connectivity index (χ1n) is 8.36. The van der Waals surface area contributed by atoms with Gasteiger partial charge in [0.1, 0.15) is 5.82 Å². The van der Waals surface area contributed by atoms with Crippen molar-refractivity contribution in [1.29, 1.82) is 0 Å². The lowest BCUT2D eigenvalue weighted by Gasteiger charge is -2.32. The van der Waals surface area contributed by atoms with E-state index in [0.29, 0.717) is 24.2 Å². The van der Waals surface area contributed by atoms with Gasteiger partial charge < -0.3 is 9.88 Å². The molecule has 1 saturated heterocycles. The minimum Gasteiger partial charge on any atom is -0.342 e. The maximum Gasteiger partial charge on any atom is 0.222 e. The Labute approximate surface area is 131 Å². The molecule has 1 aliphatic rings. The number of aromatic nitrogens is 2. The third-order valence-corrected chi connectivity index (χ3v) is 4.50. The summed E-state index contributed by atoms with van der Waals surface area (Å²) >= 11 is 0. The van der Waals surface area contributed by atoms with Crippen molar-refractivity contribution in [3.8, 4) is 0 Å². The van der Waals surface area contributed by atoms with Gasteiger partial charge in [-0.25, -0.2) is 4.98 Å². The number of nitrogens with one attached hydrogen (secondary N) is 1. The van der Waals surface area contributed by atoms with E-state index in [4.69, 9.17) is 4.98 Å². The normalized spacial score (nSPS) is 19.0. The van der Waals surface area contributed by atoms with Crippen molar-refractivity contribution >= 4 is 16.9 Å². The van der Waals surface area contributed by atoms with Gasteiger partial charge in [0.2, 0.25) is 5.91 Å². The zero-order chi connectivity index (χ0) is 15.5. The molecule has 1 unspecified atom stereocenters. The van der Waals surface area contributed by atoms with Crippen molar-refractivity contribution in [2.45, 2.75) is 45.4 Å². The SMILES string of the molecule is CC(C)CCC(=O)N1CCCC(c2nc3ccccc3[nH]2)C1. The smallest absolute Gasteiger partial charge is 0.222 e. The number of fused-ring (bicyclic) bond motifs is 1. The summed E-state index contributed by atoms with van der Waals surface area (Å²) < 4.78 is 0. The van der Waals surface area contributed by atoms with Gasteiger partial charge in [0.05, 0.1) is 11.0 Å². The van der Waals surface area contributed by atoms with Gasteiger partial charge in [-0.1, -0.05) is 26.0 Å². The Balaban J connectivity index is 1.68. The van der Waals surface area contributed by atoms with Crippen molar-refractivity contribution < 1.29 is 4.79 Å². The lowest BCUT2D eigenvalue weighted by Crippen LogP contribution is -2.39. The van der Waals surface area contributed by atoms with Gasteiger partial charge in [-0.2, -0.15) is 0 Å².